The van der Waals surface area contributed by atoms with Gasteiger partial charge in [0.25, 0.3) is 5.91 Å². The molecule has 0 aliphatic heterocycles. The third-order valence-electron chi connectivity index (χ3n) is 2.45. The normalized spacial score (nSPS) is 10.9. The van der Waals surface area contributed by atoms with Crippen molar-refractivity contribution in [1.29, 1.82) is 0 Å². The van der Waals surface area contributed by atoms with Crippen molar-refractivity contribution in [2.45, 2.75) is 0 Å². The number of guanidine groups is 1. The topological polar surface area (TPSA) is 107 Å². The summed E-state index contributed by atoms with van der Waals surface area (Å²) in [6, 6.07) is 7.05. The van der Waals surface area contributed by atoms with Crippen molar-refractivity contribution in [3.05, 3.63) is 60.2 Å². The van der Waals surface area contributed by atoms with Gasteiger partial charge in [0, 0.05) is 30.4 Å². The van der Waals surface area contributed by atoms with E-state index in [0.29, 0.717) is 11.1 Å². The van der Waals surface area contributed by atoms with Crippen LogP contribution in [0.25, 0.3) is 11.6 Å². The largest absolute Gasteiger partial charge is 0.370 e. The molecule has 0 radical (unpaired) electrons. The highest BCUT2D eigenvalue weighted by Crippen LogP contribution is 2.18. The van der Waals surface area contributed by atoms with Gasteiger partial charge in [0.1, 0.15) is 0 Å². The van der Waals surface area contributed by atoms with E-state index in [0.717, 1.165) is 5.56 Å². The standard InChI is InChI=1S/C14H13N5O/c15-14(16)19-13(20)12(11-2-1-5-18-9-11)8-10-3-6-17-7-4-10/h1-9H,(H4,15,16,19,20)/b12-8+. The minimum atomic E-state index is -0.519. The fourth-order valence-corrected chi connectivity index (χ4v) is 1.59. The van der Waals surface area contributed by atoms with E-state index in [1.54, 1.807) is 55.1 Å². The summed E-state index contributed by atoms with van der Waals surface area (Å²) in [7, 11) is 0. The van der Waals surface area contributed by atoms with E-state index in [9.17, 15) is 4.79 Å². The van der Waals surface area contributed by atoms with E-state index in [1.807, 2.05) is 0 Å². The number of pyridine rings is 2. The molecule has 4 N–H and O–H groups in total. The Morgan fingerprint density at radius 3 is 2.45 bits per heavy atom. The van der Waals surface area contributed by atoms with E-state index < -0.39 is 5.91 Å². The van der Waals surface area contributed by atoms with Gasteiger partial charge in [0.15, 0.2) is 5.96 Å². The number of hydrogen-bond acceptors (Lipinski definition) is 3. The van der Waals surface area contributed by atoms with Crippen molar-refractivity contribution >= 4 is 23.5 Å². The monoisotopic (exact) mass is 267 g/mol. The molecule has 0 atom stereocenters. The maximum Gasteiger partial charge on any atom is 0.280 e. The van der Waals surface area contributed by atoms with Gasteiger partial charge in [0.2, 0.25) is 0 Å². The molecular formula is C14H13N5O. The minimum absolute atomic E-state index is 0.278. The Morgan fingerprint density at radius 1 is 1.10 bits per heavy atom. The van der Waals surface area contributed by atoms with Crippen LogP contribution in [0.3, 0.4) is 0 Å². The van der Waals surface area contributed by atoms with Crippen LogP contribution >= 0.6 is 0 Å². The molecule has 6 heteroatoms. The van der Waals surface area contributed by atoms with Crippen molar-refractivity contribution in [3.8, 4) is 0 Å². The van der Waals surface area contributed by atoms with Gasteiger partial charge < -0.3 is 11.5 Å². The van der Waals surface area contributed by atoms with Crippen LogP contribution in [0.15, 0.2) is 54.0 Å². The molecule has 0 bridgehead atoms. The lowest BCUT2D eigenvalue weighted by Gasteiger charge is -2.04. The molecule has 0 spiro atoms. The summed E-state index contributed by atoms with van der Waals surface area (Å²) >= 11 is 0. The van der Waals surface area contributed by atoms with E-state index in [1.165, 1.54) is 0 Å². The highest BCUT2D eigenvalue weighted by atomic mass is 16.1. The molecule has 1 amide bonds. The number of aliphatic imine (C=N–C) groups is 1. The number of carbonyl (C=O) groups excluding carboxylic acids is 1. The van der Waals surface area contributed by atoms with E-state index >= 15 is 0 Å². The third-order valence-corrected chi connectivity index (χ3v) is 2.45. The summed E-state index contributed by atoms with van der Waals surface area (Å²) in [5, 5.41) is 0. The molecule has 2 aromatic rings. The average molecular weight is 267 g/mol. The average Bonchev–Trinajstić information content (AvgIpc) is 2.46. The first-order valence-corrected chi connectivity index (χ1v) is 5.83. The summed E-state index contributed by atoms with van der Waals surface area (Å²) < 4.78 is 0. The Morgan fingerprint density at radius 2 is 1.85 bits per heavy atom. The molecule has 20 heavy (non-hydrogen) atoms. The van der Waals surface area contributed by atoms with Crippen LogP contribution in [0, 0.1) is 0 Å². The number of nitrogens with zero attached hydrogens (tertiary/aromatic N) is 3. The second-order valence-corrected chi connectivity index (χ2v) is 3.92. The number of hydrogen-bond donors (Lipinski definition) is 2. The van der Waals surface area contributed by atoms with Crippen LogP contribution in [0.4, 0.5) is 0 Å². The zero-order valence-corrected chi connectivity index (χ0v) is 10.6. The van der Waals surface area contributed by atoms with Gasteiger partial charge in [-0.25, -0.2) is 0 Å². The summed E-state index contributed by atoms with van der Waals surface area (Å²) in [6.07, 6.45) is 8.16. The zero-order chi connectivity index (χ0) is 14.4. The fourth-order valence-electron chi connectivity index (χ4n) is 1.59. The predicted molar refractivity (Wildman–Crippen MR) is 77.2 cm³/mol. The van der Waals surface area contributed by atoms with Gasteiger partial charge in [-0.15, -0.1) is 0 Å². The Labute approximate surface area is 115 Å². The number of aromatic nitrogens is 2. The summed E-state index contributed by atoms with van der Waals surface area (Å²) in [5.74, 6) is -0.797. The molecule has 2 aromatic heterocycles. The number of carbonyl (C=O) groups is 1. The third kappa shape index (κ3) is 3.49. The van der Waals surface area contributed by atoms with Crippen molar-refractivity contribution in [1.82, 2.24) is 9.97 Å². The van der Waals surface area contributed by atoms with Crippen LogP contribution in [-0.4, -0.2) is 21.8 Å². The molecular weight excluding hydrogens is 254 g/mol. The second kappa shape index (κ2) is 6.24. The Bertz CT molecular complexity index is 646. The first-order chi connectivity index (χ1) is 9.66. The van der Waals surface area contributed by atoms with Gasteiger partial charge in [-0.1, -0.05) is 6.07 Å². The first-order valence-electron chi connectivity index (χ1n) is 5.83. The highest BCUT2D eigenvalue weighted by Gasteiger charge is 2.11. The van der Waals surface area contributed by atoms with Crippen LogP contribution in [0.1, 0.15) is 11.1 Å². The summed E-state index contributed by atoms with van der Waals surface area (Å²) in [6.45, 7) is 0. The number of nitrogens with two attached hydrogens (primary N) is 2. The SMILES string of the molecule is NC(N)=NC(=O)/C(=C/c1ccncc1)c1cccnc1. The van der Waals surface area contributed by atoms with Gasteiger partial charge in [0.05, 0.1) is 5.57 Å². The Balaban J connectivity index is 2.48. The Hall–Kier alpha value is -3.02. The molecule has 6 nitrogen and oxygen atoms in total. The lowest BCUT2D eigenvalue weighted by Crippen LogP contribution is -2.24. The zero-order valence-electron chi connectivity index (χ0n) is 10.6. The molecule has 100 valence electrons. The van der Waals surface area contributed by atoms with Crippen molar-refractivity contribution in [3.63, 3.8) is 0 Å². The maximum atomic E-state index is 12.1. The number of rotatable bonds is 3. The molecule has 0 saturated carbocycles. The lowest BCUT2D eigenvalue weighted by molar-refractivity contribution is -0.112. The van der Waals surface area contributed by atoms with Gasteiger partial charge in [-0.3, -0.25) is 14.8 Å². The van der Waals surface area contributed by atoms with Gasteiger partial charge >= 0.3 is 0 Å². The van der Waals surface area contributed by atoms with Crippen molar-refractivity contribution in [2.24, 2.45) is 16.5 Å². The van der Waals surface area contributed by atoms with Gasteiger partial charge in [-0.2, -0.15) is 4.99 Å². The van der Waals surface area contributed by atoms with E-state index in [2.05, 4.69) is 15.0 Å². The fraction of sp³-hybridized carbons (Fsp3) is 0. The van der Waals surface area contributed by atoms with E-state index in [4.69, 9.17) is 11.5 Å². The Kier molecular flexibility index (Phi) is 4.18. The smallest absolute Gasteiger partial charge is 0.280 e. The minimum Gasteiger partial charge on any atom is -0.370 e. The molecule has 0 unspecified atom stereocenters. The molecule has 0 aliphatic rings. The van der Waals surface area contributed by atoms with Crippen molar-refractivity contribution in [2.75, 3.05) is 0 Å². The summed E-state index contributed by atoms with van der Waals surface area (Å²) in [5.41, 5.74) is 12.3. The van der Waals surface area contributed by atoms with Crippen LogP contribution in [0.2, 0.25) is 0 Å². The lowest BCUT2D eigenvalue weighted by atomic mass is 10.0. The number of amides is 1. The second-order valence-electron chi connectivity index (χ2n) is 3.92. The highest BCUT2D eigenvalue weighted by molar-refractivity contribution is 6.26. The first kappa shape index (κ1) is 13.4. The van der Waals surface area contributed by atoms with Gasteiger partial charge in [-0.05, 0) is 29.8 Å². The summed E-state index contributed by atoms with van der Waals surface area (Å²) in [4.78, 5) is 23.6. The van der Waals surface area contributed by atoms with E-state index in [-0.39, 0.29) is 5.96 Å². The molecule has 0 fully saturated rings. The molecule has 0 saturated heterocycles. The maximum absolute atomic E-state index is 12.1. The van der Waals surface area contributed by atoms with Crippen LogP contribution < -0.4 is 11.5 Å². The predicted octanol–water partition coefficient (Wildman–Crippen LogP) is 0.817. The molecule has 2 heterocycles. The van der Waals surface area contributed by atoms with Crippen molar-refractivity contribution < 1.29 is 4.79 Å². The quantitative estimate of drug-likeness (QED) is 0.486. The molecule has 0 aliphatic carbocycles. The van der Waals surface area contributed by atoms with Crippen LogP contribution in [-0.2, 0) is 4.79 Å². The molecule has 2 rings (SSSR count). The van der Waals surface area contributed by atoms with Crippen LogP contribution in [0.5, 0.6) is 0 Å². The molecule has 0 aromatic carbocycles.